The molecule has 86 valence electrons. The maximum Gasteiger partial charge on any atom is 0.239 e. The van der Waals surface area contributed by atoms with E-state index in [0.29, 0.717) is 13.1 Å². The smallest absolute Gasteiger partial charge is 0.239 e. The molecule has 2 heterocycles. The van der Waals surface area contributed by atoms with E-state index in [1.54, 1.807) is 12.0 Å². The lowest BCUT2D eigenvalue weighted by Crippen LogP contribution is -2.43. The lowest BCUT2D eigenvalue weighted by Gasteiger charge is -2.19. The van der Waals surface area contributed by atoms with Gasteiger partial charge in [0.1, 0.15) is 6.10 Å². The largest absolute Gasteiger partial charge is 0.388 e. The minimum Gasteiger partial charge on any atom is -0.388 e. The topological polar surface area (TPSA) is 61.8 Å². The number of aliphatic hydroxyl groups is 1. The average molecular weight is 214 g/mol. The van der Waals surface area contributed by atoms with Crippen LogP contribution in [0, 0.1) is 0 Å². The van der Waals surface area contributed by atoms with Crippen LogP contribution in [0.25, 0.3) is 0 Å². The Morgan fingerprint density at radius 2 is 2.33 bits per heavy atom. The van der Waals surface area contributed by atoms with Crippen LogP contribution in [0.3, 0.4) is 0 Å². The molecule has 2 fully saturated rings. The Hall–Kier alpha value is -0.650. The van der Waals surface area contributed by atoms with Crippen LogP contribution in [-0.4, -0.2) is 60.9 Å². The highest BCUT2D eigenvalue weighted by Crippen LogP contribution is 2.16. The number of carbonyl (C=O) groups excluding carboxylic acids is 1. The lowest BCUT2D eigenvalue weighted by atomic mass is 10.2. The summed E-state index contributed by atoms with van der Waals surface area (Å²) < 4.78 is 5.10. The van der Waals surface area contributed by atoms with Gasteiger partial charge in [-0.15, -0.1) is 0 Å². The van der Waals surface area contributed by atoms with E-state index in [-0.39, 0.29) is 18.1 Å². The van der Waals surface area contributed by atoms with Crippen molar-refractivity contribution in [2.75, 3.05) is 26.7 Å². The molecule has 0 aromatic heterocycles. The first kappa shape index (κ1) is 10.9. The Morgan fingerprint density at radius 1 is 1.53 bits per heavy atom. The van der Waals surface area contributed by atoms with Crippen LogP contribution < -0.4 is 5.32 Å². The van der Waals surface area contributed by atoms with Gasteiger partial charge in [-0.3, -0.25) is 4.79 Å². The number of likely N-dealkylation sites (tertiary alicyclic amines) is 1. The Bertz CT molecular complexity index is 241. The SMILES string of the molecule is CO[C@@H]1CN(C(=O)[C@H]2CCCN2)C[C@@H]1O. The van der Waals surface area contributed by atoms with E-state index in [1.165, 1.54) is 0 Å². The van der Waals surface area contributed by atoms with Crippen molar-refractivity contribution < 1.29 is 14.6 Å². The molecule has 2 aliphatic rings. The first-order valence-electron chi connectivity index (χ1n) is 5.45. The monoisotopic (exact) mass is 214 g/mol. The fourth-order valence-electron chi connectivity index (χ4n) is 2.28. The average Bonchev–Trinajstić information content (AvgIpc) is 2.85. The normalized spacial score (nSPS) is 36.1. The van der Waals surface area contributed by atoms with E-state index in [1.807, 2.05) is 0 Å². The second kappa shape index (κ2) is 4.47. The molecule has 2 saturated heterocycles. The number of amides is 1. The van der Waals surface area contributed by atoms with Crippen LogP contribution in [0.4, 0.5) is 0 Å². The number of rotatable bonds is 2. The van der Waals surface area contributed by atoms with E-state index in [0.717, 1.165) is 19.4 Å². The van der Waals surface area contributed by atoms with E-state index >= 15 is 0 Å². The van der Waals surface area contributed by atoms with Crippen molar-refractivity contribution in [1.29, 1.82) is 0 Å². The molecule has 15 heavy (non-hydrogen) atoms. The molecule has 0 spiro atoms. The molecule has 5 heteroatoms. The molecule has 0 aromatic rings. The van der Waals surface area contributed by atoms with Crippen LogP contribution in [0.1, 0.15) is 12.8 Å². The summed E-state index contributed by atoms with van der Waals surface area (Å²) >= 11 is 0. The van der Waals surface area contributed by atoms with Crippen molar-refractivity contribution in [3.63, 3.8) is 0 Å². The standard InChI is InChI=1S/C10H18N2O3/c1-15-9-6-12(5-8(9)13)10(14)7-3-2-4-11-7/h7-9,11,13H,2-6H2,1H3/t7-,8+,9-/m1/s1. The van der Waals surface area contributed by atoms with E-state index in [4.69, 9.17) is 4.74 Å². The number of nitrogens with one attached hydrogen (secondary N) is 1. The zero-order valence-electron chi connectivity index (χ0n) is 8.98. The Morgan fingerprint density at radius 3 is 2.87 bits per heavy atom. The molecular formula is C10H18N2O3. The molecule has 5 nitrogen and oxygen atoms in total. The van der Waals surface area contributed by atoms with Gasteiger partial charge < -0.3 is 20.1 Å². The molecule has 2 N–H and O–H groups in total. The number of ether oxygens (including phenoxy) is 1. The zero-order valence-corrected chi connectivity index (χ0v) is 8.98. The molecule has 0 saturated carbocycles. The summed E-state index contributed by atoms with van der Waals surface area (Å²) in [5.41, 5.74) is 0. The van der Waals surface area contributed by atoms with Crippen molar-refractivity contribution >= 4 is 5.91 Å². The predicted molar refractivity (Wildman–Crippen MR) is 54.4 cm³/mol. The van der Waals surface area contributed by atoms with Crippen molar-refractivity contribution in [2.45, 2.75) is 31.1 Å². The third-order valence-corrected chi connectivity index (χ3v) is 3.21. The highest BCUT2D eigenvalue weighted by atomic mass is 16.5. The summed E-state index contributed by atoms with van der Waals surface area (Å²) in [6.07, 6.45) is 1.19. The molecule has 0 bridgehead atoms. The molecule has 0 aliphatic carbocycles. The fourth-order valence-corrected chi connectivity index (χ4v) is 2.28. The maximum absolute atomic E-state index is 12.0. The molecule has 1 amide bonds. The van der Waals surface area contributed by atoms with Gasteiger partial charge in [-0.1, -0.05) is 0 Å². The predicted octanol–water partition coefficient (Wildman–Crippen LogP) is -1.04. The number of methoxy groups -OCH3 is 1. The molecule has 2 aliphatic heterocycles. The Balaban J connectivity index is 1.91. The maximum atomic E-state index is 12.0. The van der Waals surface area contributed by atoms with Gasteiger partial charge in [-0.05, 0) is 19.4 Å². The first-order chi connectivity index (χ1) is 7.22. The van der Waals surface area contributed by atoms with Gasteiger partial charge in [-0.2, -0.15) is 0 Å². The third-order valence-electron chi connectivity index (χ3n) is 3.21. The van der Waals surface area contributed by atoms with Crippen molar-refractivity contribution in [1.82, 2.24) is 10.2 Å². The summed E-state index contributed by atoms with van der Waals surface area (Å²) in [6, 6.07) is -0.0483. The summed E-state index contributed by atoms with van der Waals surface area (Å²) in [6.45, 7) is 1.82. The van der Waals surface area contributed by atoms with Gasteiger partial charge in [0.25, 0.3) is 0 Å². The van der Waals surface area contributed by atoms with E-state index in [2.05, 4.69) is 5.32 Å². The number of hydrogen-bond donors (Lipinski definition) is 2. The van der Waals surface area contributed by atoms with Crippen molar-refractivity contribution in [2.24, 2.45) is 0 Å². The summed E-state index contributed by atoms with van der Waals surface area (Å²) in [4.78, 5) is 13.6. The van der Waals surface area contributed by atoms with Gasteiger partial charge in [0.2, 0.25) is 5.91 Å². The van der Waals surface area contributed by atoms with Gasteiger partial charge in [-0.25, -0.2) is 0 Å². The summed E-state index contributed by atoms with van der Waals surface area (Å²) in [7, 11) is 1.57. The van der Waals surface area contributed by atoms with Gasteiger partial charge in [0.15, 0.2) is 0 Å². The van der Waals surface area contributed by atoms with Crippen LogP contribution in [0.2, 0.25) is 0 Å². The molecule has 2 rings (SSSR count). The summed E-state index contributed by atoms with van der Waals surface area (Å²) in [5.74, 6) is 0.103. The van der Waals surface area contributed by atoms with Crippen LogP contribution in [0.15, 0.2) is 0 Å². The Kier molecular flexibility index (Phi) is 3.23. The minimum absolute atomic E-state index is 0.0483. The van der Waals surface area contributed by atoms with E-state index < -0.39 is 6.10 Å². The van der Waals surface area contributed by atoms with E-state index in [9.17, 15) is 9.90 Å². The number of nitrogens with zero attached hydrogens (tertiary/aromatic N) is 1. The quantitative estimate of drug-likeness (QED) is 0.616. The van der Waals surface area contributed by atoms with Gasteiger partial charge >= 0.3 is 0 Å². The second-order valence-corrected chi connectivity index (χ2v) is 4.23. The van der Waals surface area contributed by atoms with Crippen LogP contribution >= 0.6 is 0 Å². The molecule has 0 aromatic carbocycles. The van der Waals surface area contributed by atoms with Crippen molar-refractivity contribution in [3.05, 3.63) is 0 Å². The fraction of sp³-hybridized carbons (Fsp3) is 0.900. The van der Waals surface area contributed by atoms with Crippen LogP contribution in [0.5, 0.6) is 0 Å². The summed E-state index contributed by atoms with van der Waals surface area (Å²) in [5, 5.41) is 12.8. The Labute approximate surface area is 89.4 Å². The number of hydrogen-bond acceptors (Lipinski definition) is 4. The van der Waals surface area contributed by atoms with Crippen molar-refractivity contribution in [3.8, 4) is 0 Å². The number of aliphatic hydroxyl groups excluding tert-OH is 1. The van der Waals surface area contributed by atoms with Crippen LogP contribution in [-0.2, 0) is 9.53 Å². The number of carbonyl (C=O) groups is 1. The molecule has 3 atom stereocenters. The van der Waals surface area contributed by atoms with Gasteiger partial charge in [0, 0.05) is 20.2 Å². The lowest BCUT2D eigenvalue weighted by molar-refractivity contribution is -0.132. The zero-order chi connectivity index (χ0) is 10.8. The number of β-amino-alcohol motifs (C(OH)–C–C–N with tert-alkyl or cyclic N) is 1. The molecular weight excluding hydrogens is 196 g/mol. The highest BCUT2D eigenvalue weighted by molar-refractivity contribution is 5.82. The first-order valence-corrected chi connectivity index (χ1v) is 5.45. The third kappa shape index (κ3) is 2.14. The highest BCUT2D eigenvalue weighted by Gasteiger charge is 2.37. The minimum atomic E-state index is -0.541. The van der Waals surface area contributed by atoms with Gasteiger partial charge in [0.05, 0.1) is 12.1 Å². The second-order valence-electron chi connectivity index (χ2n) is 4.23. The molecule has 0 radical (unpaired) electrons. The molecule has 0 unspecified atom stereocenters.